The Hall–Kier alpha value is -3.07. The minimum absolute atomic E-state index is 0.0468. The molecule has 1 aliphatic rings. The average Bonchev–Trinajstić information content (AvgIpc) is 3.44. The molecule has 0 saturated heterocycles. The molecule has 1 atom stereocenters. The standard InChI is InChI=1S/C31H35Cl2N3O4S/c1-22-27(33)16-9-17-28(22)36(41(2,39)40)21-30(37)35(20-24-12-8-13-25(32)18-24)29(19-23-10-4-3-5-11-23)31(38)34-26-14-6-7-15-26/h3-5,8-13,16-18,26,29H,6-7,14-15,19-21H2,1-2H3,(H,34,38). The molecule has 1 fully saturated rings. The van der Waals surface area contributed by atoms with Gasteiger partial charge in [0.25, 0.3) is 0 Å². The number of nitrogens with one attached hydrogen (secondary N) is 1. The molecule has 1 N–H and O–H groups in total. The molecule has 3 aromatic carbocycles. The van der Waals surface area contributed by atoms with E-state index in [1.165, 1.54) is 4.90 Å². The quantitative estimate of drug-likeness (QED) is 0.297. The van der Waals surface area contributed by atoms with Crippen molar-refractivity contribution < 1.29 is 18.0 Å². The van der Waals surface area contributed by atoms with E-state index in [2.05, 4.69) is 5.32 Å². The van der Waals surface area contributed by atoms with E-state index in [0.717, 1.165) is 47.4 Å². The first-order valence-electron chi connectivity index (χ1n) is 13.6. The molecule has 0 aliphatic heterocycles. The number of carbonyl (C=O) groups excluding carboxylic acids is 2. The van der Waals surface area contributed by atoms with Crippen molar-refractivity contribution in [3.63, 3.8) is 0 Å². The zero-order valence-corrected chi connectivity index (χ0v) is 25.6. The number of halogens is 2. The SMILES string of the molecule is Cc1c(Cl)cccc1N(CC(=O)N(Cc1cccc(Cl)c1)C(Cc1ccccc1)C(=O)NC1CCCC1)S(C)(=O)=O. The molecule has 1 aliphatic carbocycles. The van der Waals surface area contributed by atoms with Crippen LogP contribution in [0.2, 0.25) is 10.0 Å². The molecule has 1 saturated carbocycles. The van der Waals surface area contributed by atoms with Gasteiger partial charge in [-0.25, -0.2) is 8.42 Å². The Morgan fingerprint density at radius 3 is 2.27 bits per heavy atom. The number of rotatable bonds is 11. The summed E-state index contributed by atoms with van der Waals surface area (Å²) in [5, 5.41) is 4.04. The fourth-order valence-electron chi connectivity index (χ4n) is 5.21. The first-order chi connectivity index (χ1) is 19.5. The van der Waals surface area contributed by atoms with E-state index in [9.17, 15) is 18.0 Å². The number of hydrogen-bond acceptors (Lipinski definition) is 4. The Morgan fingerprint density at radius 2 is 1.61 bits per heavy atom. The monoisotopic (exact) mass is 615 g/mol. The van der Waals surface area contributed by atoms with E-state index < -0.39 is 28.5 Å². The van der Waals surface area contributed by atoms with Gasteiger partial charge in [-0.05, 0) is 60.7 Å². The second kappa shape index (κ2) is 13.7. The average molecular weight is 617 g/mol. The predicted octanol–water partition coefficient (Wildman–Crippen LogP) is 5.77. The lowest BCUT2D eigenvalue weighted by Crippen LogP contribution is -2.54. The fourth-order valence-corrected chi connectivity index (χ4v) is 6.50. The van der Waals surface area contributed by atoms with Gasteiger partial charge in [0.15, 0.2) is 0 Å². The van der Waals surface area contributed by atoms with Crippen LogP contribution < -0.4 is 9.62 Å². The molecule has 41 heavy (non-hydrogen) atoms. The van der Waals surface area contributed by atoms with Crippen LogP contribution in [0.3, 0.4) is 0 Å². The van der Waals surface area contributed by atoms with E-state index in [0.29, 0.717) is 21.3 Å². The third-order valence-electron chi connectivity index (χ3n) is 7.40. The van der Waals surface area contributed by atoms with Crippen molar-refractivity contribution in [2.75, 3.05) is 17.1 Å². The van der Waals surface area contributed by atoms with E-state index in [1.54, 1.807) is 43.3 Å². The van der Waals surface area contributed by atoms with Crippen molar-refractivity contribution >= 4 is 50.7 Å². The molecule has 7 nitrogen and oxygen atoms in total. The molecule has 1 unspecified atom stereocenters. The maximum absolute atomic E-state index is 14.2. The smallest absolute Gasteiger partial charge is 0.244 e. The molecule has 0 heterocycles. The second-order valence-electron chi connectivity index (χ2n) is 10.5. The lowest BCUT2D eigenvalue weighted by atomic mass is 10.0. The van der Waals surface area contributed by atoms with Crippen molar-refractivity contribution in [2.45, 2.75) is 57.7 Å². The van der Waals surface area contributed by atoms with Crippen LogP contribution in [0.25, 0.3) is 0 Å². The number of nitrogens with zero attached hydrogens (tertiary/aromatic N) is 2. The van der Waals surface area contributed by atoms with Crippen LogP contribution in [0.1, 0.15) is 42.4 Å². The highest BCUT2D eigenvalue weighted by atomic mass is 35.5. The predicted molar refractivity (Wildman–Crippen MR) is 165 cm³/mol. The lowest BCUT2D eigenvalue weighted by Gasteiger charge is -2.34. The molecule has 0 bridgehead atoms. The number of carbonyl (C=O) groups is 2. The first kappa shape index (κ1) is 30.9. The van der Waals surface area contributed by atoms with Crippen LogP contribution in [-0.4, -0.2) is 50.0 Å². The number of amides is 2. The van der Waals surface area contributed by atoms with Gasteiger partial charge in [-0.2, -0.15) is 0 Å². The van der Waals surface area contributed by atoms with Gasteiger partial charge in [-0.3, -0.25) is 13.9 Å². The first-order valence-corrected chi connectivity index (χ1v) is 16.2. The minimum atomic E-state index is -3.88. The second-order valence-corrected chi connectivity index (χ2v) is 13.3. The van der Waals surface area contributed by atoms with Gasteiger partial charge >= 0.3 is 0 Å². The van der Waals surface area contributed by atoms with E-state index >= 15 is 0 Å². The molecule has 0 spiro atoms. The molecule has 0 radical (unpaired) electrons. The van der Waals surface area contributed by atoms with Gasteiger partial charge in [0.1, 0.15) is 12.6 Å². The number of anilines is 1. The van der Waals surface area contributed by atoms with Gasteiger partial charge in [0, 0.05) is 29.1 Å². The molecular formula is C31H35Cl2N3O4S. The third-order valence-corrected chi connectivity index (χ3v) is 9.17. The van der Waals surface area contributed by atoms with Crippen LogP contribution in [0.15, 0.2) is 72.8 Å². The summed E-state index contributed by atoms with van der Waals surface area (Å²) in [7, 11) is -3.88. The normalized spacial score (nSPS) is 14.4. The van der Waals surface area contributed by atoms with Crippen molar-refractivity contribution in [1.29, 1.82) is 0 Å². The third kappa shape index (κ3) is 8.24. The summed E-state index contributed by atoms with van der Waals surface area (Å²) in [5.41, 5.74) is 2.45. The Kier molecular flexibility index (Phi) is 10.3. The lowest BCUT2D eigenvalue weighted by molar-refractivity contribution is -0.140. The van der Waals surface area contributed by atoms with Crippen molar-refractivity contribution in [3.8, 4) is 0 Å². The molecule has 3 aromatic rings. The van der Waals surface area contributed by atoms with Gasteiger partial charge in [0.2, 0.25) is 21.8 Å². The fraction of sp³-hybridized carbons (Fsp3) is 0.355. The number of benzene rings is 3. The summed E-state index contributed by atoms with van der Waals surface area (Å²) in [6.45, 7) is 1.28. The highest BCUT2D eigenvalue weighted by molar-refractivity contribution is 7.92. The van der Waals surface area contributed by atoms with Crippen LogP contribution in [-0.2, 0) is 32.6 Å². The van der Waals surface area contributed by atoms with Gasteiger partial charge in [-0.15, -0.1) is 0 Å². The van der Waals surface area contributed by atoms with Gasteiger partial charge < -0.3 is 10.2 Å². The highest BCUT2D eigenvalue weighted by Crippen LogP contribution is 2.29. The number of sulfonamides is 1. The summed E-state index contributed by atoms with van der Waals surface area (Å²) in [4.78, 5) is 29.6. The van der Waals surface area contributed by atoms with Crippen LogP contribution in [0.5, 0.6) is 0 Å². The number of hydrogen-bond donors (Lipinski definition) is 1. The molecule has 218 valence electrons. The van der Waals surface area contributed by atoms with E-state index in [-0.39, 0.29) is 24.9 Å². The maximum Gasteiger partial charge on any atom is 0.244 e. The summed E-state index contributed by atoms with van der Waals surface area (Å²) < 4.78 is 27.0. The van der Waals surface area contributed by atoms with Crippen molar-refractivity contribution in [1.82, 2.24) is 10.2 Å². The van der Waals surface area contributed by atoms with Gasteiger partial charge in [0.05, 0.1) is 11.9 Å². The largest absolute Gasteiger partial charge is 0.352 e. The Balaban J connectivity index is 1.74. The van der Waals surface area contributed by atoms with Crippen LogP contribution in [0.4, 0.5) is 5.69 Å². The Morgan fingerprint density at radius 1 is 0.951 bits per heavy atom. The highest BCUT2D eigenvalue weighted by Gasteiger charge is 2.34. The van der Waals surface area contributed by atoms with Crippen molar-refractivity contribution in [3.05, 3.63) is 99.5 Å². The van der Waals surface area contributed by atoms with Crippen LogP contribution >= 0.6 is 23.2 Å². The van der Waals surface area contributed by atoms with Crippen LogP contribution in [0, 0.1) is 6.92 Å². The van der Waals surface area contributed by atoms with Crippen molar-refractivity contribution in [2.24, 2.45) is 0 Å². The summed E-state index contributed by atoms with van der Waals surface area (Å²) in [6.07, 6.45) is 5.18. The summed E-state index contributed by atoms with van der Waals surface area (Å²) in [6, 6.07) is 20.7. The minimum Gasteiger partial charge on any atom is -0.352 e. The van der Waals surface area contributed by atoms with E-state index in [1.807, 2.05) is 36.4 Å². The topological polar surface area (TPSA) is 86.8 Å². The molecule has 4 rings (SSSR count). The summed E-state index contributed by atoms with van der Waals surface area (Å²) >= 11 is 12.6. The van der Waals surface area contributed by atoms with Gasteiger partial charge in [-0.1, -0.05) is 84.6 Å². The zero-order chi connectivity index (χ0) is 29.6. The van der Waals surface area contributed by atoms with E-state index in [4.69, 9.17) is 23.2 Å². The molecular weight excluding hydrogens is 581 g/mol. The Bertz CT molecular complexity index is 1480. The molecule has 0 aromatic heterocycles. The molecule has 10 heteroatoms. The molecule has 2 amide bonds. The zero-order valence-electron chi connectivity index (χ0n) is 23.2. The summed E-state index contributed by atoms with van der Waals surface area (Å²) in [5.74, 6) is -0.779. The maximum atomic E-state index is 14.2. The Labute approximate surface area is 252 Å².